The molecule has 6 heterocycles. The lowest BCUT2D eigenvalue weighted by Crippen LogP contribution is -2.31. The Bertz CT molecular complexity index is 3010. The summed E-state index contributed by atoms with van der Waals surface area (Å²) >= 11 is 0. The minimum Gasteiger partial charge on any atom is -0.296 e. The first kappa shape index (κ1) is 27.9. The highest BCUT2D eigenvalue weighted by Crippen LogP contribution is 2.31. The largest absolute Gasteiger partial charge is 0.296 e. The average molecular weight is 675 g/mol. The van der Waals surface area contributed by atoms with Crippen LogP contribution in [0.4, 0.5) is 0 Å². The first-order valence-corrected chi connectivity index (χ1v) is 17.6. The zero-order valence-corrected chi connectivity index (χ0v) is 27.9. The van der Waals surface area contributed by atoms with Gasteiger partial charge in [0, 0.05) is 0 Å². The van der Waals surface area contributed by atoms with E-state index in [0.29, 0.717) is 20.0 Å². The summed E-state index contributed by atoms with van der Waals surface area (Å²) < 4.78 is 13.9. The van der Waals surface area contributed by atoms with Crippen LogP contribution >= 0.6 is 0 Å². The first-order valence-electron chi connectivity index (χ1n) is 17.6. The first-order chi connectivity index (χ1) is 25.8. The van der Waals surface area contributed by atoms with Crippen molar-refractivity contribution in [1.29, 1.82) is 0 Å². The molecule has 0 aliphatic heterocycles. The molecular weight excluding hydrogens is 645 g/mol. The van der Waals surface area contributed by atoms with Gasteiger partial charge in [0.25, 0.3) is 0 Å². The Kier molecular flexibility index (Phi) is 5.53. The fraction of sp³-hybridized carbons (Fsp3) is 0.0714. The quantitative estimate of drug-likeness (QED) is 0.177. The molecule has 0 atom stereocenters. The van der Waals surface area contributed by atoms with E-state index in [0.717, 1.165) is 83.5 Å². The van der Waals surface area contributed by atoms with Crippen LogP contribution in [0.5, 0.6) is 0 Å². The van der Waals surface area contributed by atoms with Crippen molar-refractivity contribution in [3.8, 4) is 0 Å². The van der Waals surface area contributed by atoms with Crippen molar-refractivity contribution < 1.29 is 0 Å². The van der Waals surface area contributed by atoms with Gasteiger partial charge in [0.15, 0.2) is 0 Å². The van der Waals surface area contributed by atoms with E-state index >= 15 is 0 Å². The van der Waals surface area contributed by atoms with Crippen LogP contribution in [0.2, 0.25) is 0 Å². The second kappa shape index (κ2) is 10.3. The summed E-state index contributed by atoms with van der Waals surface area (Å²) in [6.07, 6.45) is 0. The molecule has 10 heteroatoms. The van der Waals surface area contributed by atoms with E-state index in [9.17, 15) is 0 Å². The van der Waals surface area contributed by atoms with Gasteiger partial charge in [-0.05, 0) is 72.8 Å². The van der Waals surface area contributed by atoms with Crippen molar-refractivity contribution in [2.45, 2.75) is 20.0 Å². The Morgan fingerprint density at radius 1 is 0.308 bits per heavy atom. The molecule has 0 saturated carbocycles. The molecule has 0 spiro atoms. The minimum atomic E-state index is 0.568. The molecule has 6 aromatic carbocycles. The lowest BCUT2D eigenvalue weighted by molar-refractivity contribution is 0.139. The molecule has 0 N–H and O–H groups in total. The summed E-state index contributed by atoms with van der Waals surface area (Å²) in [5, 5.41) is 0. The minimum absolute atomic E-state index is 0.568. The number of rotatable bonds is 6. The summed E-state index contributed by atoms with van der Waals surface area (Å²) in [7, 11) is 0. The summed E-state index contributed by atoms with van der Waals surface area (Å²) in [6.45, 7) is 1.70. The molecule has 52 heavy (non-hydrogen) atoms. The second-order valence-electron chi connectivity index (χ2n) is 13.6. The van der Waals surface area contributed by atoms with Gasteiger partial charge in [-0.2, -0.15) is 0 Å². The monoisotopic (exact) mass is 674 g/mol. The van der Waals surface area contributed by atoms with E-state index < -0.39 is 0 Å². The molecule has 0 fully saturated rings. The fourth-order valence-corrected chi connectivity index (χ4v) is 8.42. The zero-order chi connectivity index (χ0) is 33.9. The molecule has 0 radical (unpaired) electrons. The zero-order valence-electron chi connectivity index (χ0n) is 27.9. The fourth-order valence-electron chi connectivity index (χ4n) is 8.42. The van der Waals surface area contributed by atoms with Crippen molar-refractivity contribution >= 4 is 83.5 Å². The molecule has 10 nitrogen and oxygen atoms in total. The maximum Gasteiger partial charge on any atom is 0.217 e. The van der Waals surface area contributed by atoms with E-state index in [1.807, 2.05) is 0 Å². The molecule has 248 valence electrons. The third-order valence-electron chi connectivity index (χ3n) is 10.6. The normalized spacial score (nSPS) is 12.6. The van der Waals surface area contributed by atoms with Gasteiger partial charge in [-0.15, -0.1) is 0 Å². The lowest BCUT2D eigenvalue weighted by atomic mass is 10.3. The van der Waals surface area contributed by atoms with Crippen molar-refractivity contribution in [3.05, 3.63) is 146 Å². The maximum atomic E-state index is 5.21. The molecule has 12 rings (SSSR count). The van der Waals surface area contributed by atoms with Crippen molar-refractivity contribution in [3.63, 3.8) is 0 Å². The van der Waals surface area contributed by atoms with Gasteiger partial charge in [-0.3, -0.25) is 26.9 Å². The van der Waals surface area contributed by atoms with Crippen LogP contribution in [0.3, 0.4) is 0 Å². The van der Waals surface area contributed by atoms with E-state index in [1.54, 1.807) is 0 Å². The molecule has 6 aromatic heterocycles. The third kappa shape index (κ3) is 3.73. The molecule has 0 bridgehead atoms. The second-order valence-corrected chi connectivity index (χ2v) is 13.6. The number of fused-ring (bicyclic) bond motifs is 15. The van der Waals surface area contributed by atoms with E-state index in [2.05, 4.69) is 177 Å². The Balaban J connectivity index is 1.11. The van der Waals surface area contributed by atoms with Crippen molar-refractivity contribution in [1.82, 2.24) is 46.8 Å². The van der Waals surface area contributed by atoms with Crippen LogP contribution < -0.4 is 0 Å². The number of hydrogen-bond acceptors (Lipinski definition) is 4. The topological polar surface area (TPSA) is 69.9 Å². The summed E-state index contributed by atoms with van der Waals surface area (Å²) in [6, 6.07) is 51.0. The predicted molar refractivity (Wildman–Crippen MR) is 206 cm³/mol. The Morgan fingerprint density at radius 2 is 0.558 bits per heavy atom. The molecule has 0 aliphatic carbocycles. The Morgan fingerprint density at radius 3 is 0.865 bits per heavy atom. The highest BCUT2D eigenvalue weighted by atomic mass is 15.4. The molecular formula is C42H30N10. The number of para-hydroxylation sites is 12. The highest BCUT2D eigenvalue weighted by Gasteiger charge is 2.23. The summed E-state index contributed by atoms with van der Waals surface area (Å²) in [5.74, 6) is 2.74. The van der Waals surface area contributed by atoms with Crippen LogP contribution in [0.25, 0.3) is 83.5 Å². The van der Waals surface area contributed by atoms with Gasteiger partial charge in [0.2, 0.25) is 17.3 Å². The van der Waals surface area contributed by atoms with Gasteiger partial charge in [0.05, 0.1) is 86.2 Å². The van der Waals surface area contributed by atoms with Crippen molar-refractivity contribution in [2.75, 3.05) is 0 Å². The summed E-state index contributed by atoms with van der Waals surface area (Å²) in [4.78, 5) is 18.1. The number of nitrogens with zero attached hydrogens (tertiary/aromatic N) is 10. The van der Waals surface area contributed by atoms with Gasteiger partial charge in [-0.1, -0.05) is 72.8 Å². The smallest absolute Gasteiger partial charge is 0.217 e. The van der Waals surface area contributed by atoms with Crippen LogP contribution in [-0.2, 0) is 20.0 Å². The van der Waals surface area contributed by atoms with Crippen molar-refractivity contribution in [2.24, 2.45) is 0 Å². The Hall–Kier alpha value is -6.91. The lowest BCUT2D eigenvalue weighted by Gasteiger charge is -2.25. The van der Waals surface area contributed by atoms with Gasteiger partial charge < -0.3 is 0 Å². The third-order valence-corrected chi connectivity index (χ3v) is 10.6. The summed E-state index contributed by atoms with van der Waals surface area (Å²) in [5.41, 5.74) is 13.0. The number of benzene rings is 6. The van der Waals surface area contributed by atoms with Crippen LogP contribution in [0.15, 0.2) is 146 Å². The number of imidazole rings is 6. The molecule has 12 aromatic rings. The molecule has 0 saturated heterocycles. The standard InChI is InChI=1S/C42H30N10/c1-4-16-31-28(13-1)43-40-47(34-19-7-10-22-37(34)50(31)40)25-46(26-48-35-20-8-11-23-38(35)51-32-17-5-2-14-29(32)44-41(48)51)27-49-36-21-9-12-24-39(36)52-33-18-6-3-15-30(33)45-42(49)52/h1-24H,25-27H2. The van der Waals surface area contributed by atoms with Crippen LogP contribution in [0, 0.1) is 0 Å². The molecule has 0 aliphatic rings. The number of aromatic nitrogens is 9. The van der Waals surface area contributed by atoms with E-state index in [-0.39, 0.29) is 0 Å². The van der Waals surface area contributed by atoms with Gasteiger partial charge in [-0.25, -0.2) is 19.9 Å². The molecule has 0 unspecified atom stereocenters. The predicted octanol–water partition coefficient (Wildman–Crippen LogP) is 8.53. The average Bonchev–Trinajstić information content (AvgIpc) is 4.02. The van der Waals surface area contributed by atoms with Crippen LogP contribution in [-0.4, -0.2) is 46.8 Å². The maximum absolute atomic E-state index is 5.21. The van der Waals surface area contributed by atoms with E-state index in [1.165, 1.54) is 0 Å². The van der Waals surface area contributed by atoms with Gasteiger partial charge in [0.1, 0.15) is 0 Å². The molecule has 0 amide bonds. The SMILES string of the molecule is c1ccc2c(c1)nc1n(CN(Cn3c4ccccc4n4c5ccccc5nc34)Cn3c4ccccc4n4c5ccccc5nc34)c3ccccc3n21. The van der Waals surface area contributed by atoms with Crippen LogP contribution in [0.1, 0.15) is 0 Å². The van der Waals surface area contributed by atoms with Gasteiger partial charge >= 0.3 is 0 Å². The number of hydrogen-bond donors (Lipinski definition) is 0. The highest BCUT2D eigenvalue weighted by molar-refractivity contribution is 5.93. The van der Waals surface area contributed by atoms with E-state index in [4.69, 9.17) is 15.0 Å². The Labute approximate surface area is 295 Å².